The van der Waals surface area contributed by atoms with Gasteiger partial charge in [0, 0.05) is 0 Å². The van der Waals surface area contributed by atoms with Crippen molar-refractivity contribution in [1.82, 2.24) is 19.5 Å². The van der Waals surface area contributed by atoms with Crippen LogP contribution in [-0.2, 0) is 39.2 Å². The van der Waals surface area contributed by atoms with Gasteiger partial charge in [0.15, 0.2) is 39.7 Å². The van der Waals surface area contributed by atoms with Crippen LogP contribution in [0, 0.1) is 6.92 Å². The Morgan fingerprint density at radius 2 is 1.41 bits per heavy atom. The second-order valence-corrected chi connectivity index (χ2v) is 17.5. The first kappa shape index (κ1) is 45.8. The second kappa shape index (κ2) is 20.6. The van der Waals surface area contributed by atoms with Crippen LogP contribution in [0.4, 0.5) is 5.82 Å². The van der Waals surface area contributed by atoms with Crippen molar-refractivity contribution in [2.75, 3.05) is 51.9 Å². The van der Waals surface area contributed by atoms with Crippen LogP contribution < -0.4 is 19.5 Å². The zero-order valence-electron chi connectivity index (χ0n) is 36.4. The molecule has 4 atom stereocenters. The highest BCUT2D eigenvalue weighted by molar-refractivity contribution is 7.91. The fourth-order valence-electron chi connectivity index (χ4n) is 7.75. The van der Waals surface area contributed by atoms with Gasteiger partial charge in [-0.15, -0.1) is 0 Å². The lowest BCUT2D eigenvalue weighted by molar-refractivity contribution is -0.141. The molecule has 1 aliphatic rings. The van der Waals surface area contributed by atoms with Gasteiger partial charge in [-0.3, -0.25) is 9.36 Å². The van der Waals surface area contributed by atoms with Crippen LogP contribution in [0.3, 0.4) is 0 Å². The Balaban J connectivity index is 1.08. The molecule has 0 aliphatic carbocycles. The number of amides is 1. The Morgan fingerprint density at radius 1 is 0.788 bits per heavy atom. The van der Waals surface area contributed by atoms with Crippen molar-refractivity contribution in [3.63, 3.8) is 0 Å². The molecule has 1 saturated heterocycles. The lowest BCUT2D eigenvalue weighted by Crippen LogP contribution is -2.41. The molecular formula is C49H49N5O11S. The molecule has 5 aromatic carbocycles. The number of carbonyl (C=O) groups is 1. The highest BCUT2D eigenvalue weighted by Gasteiger charge is 2.48. The number of aliphatic hydroxyl groups is 1. The van der Waals surface area contributed by atoms with Crippen LogP contribution in [0.25, 0.3) is 11.2 Å². The number of methoxy groups -OCH3 is 2. The quantitative estimate of drug-likeness (QED) is 0.0494. The standard InChI is InChI=1S/C49H49N5O11S/c1-33-14-24-40(25-15-33)66(57,58)27-26-61-32-63-45-41(28-64-49(34-10-6-4-7-11-34,35-16-20-37(59-2)21-17-35)36-18-22-38(60-3)23-19-36)65-48(44(45)56)54-31-52-43-46(50-30-51-47(43)54)53-42(55)29-62-39-12-8-5-9-13-39/h4-25,30-31,41,44-45,48,56H,26-29,32H2,1-3H3,(H,50,51,53,55)/t41-,44-,45-,48-/m1/s1. The number of benzene rings is 5. The van der Waals surface area contributed by atoms with Crippen molar-refractivity contribution in [3.05, 3.63) is 168 Å². The van der Waals surface area contributed by atoms with Crippen molar-refractivity contribution in [3.8, 4) is 17.2 Å². The minimum atomic E-state index is -3.64. The summed E-state index contributed by atoms with van der Waals surface area (Å²) in [5, 5.41) is 14.9. The highest BCUT2D eigenvalue weighted by atomic mass is 32.2. The Morgan fingerprint density at radius 3 is 2.05 bits per heavy atom. The van der Waals surface area contributed by atoms with E-state index in [1.165, 1.54) is 17.2 Å². The maximum Gasteiger partial charge on any atom is 0.263 e. The van der Waals surface area contributed by atoms with Gasteiger partial charge >= 0.3 is 0 Å². The van der Waals surface area contributed by atoms with E-state index >= 15 is 0 Å². The molecular weight excluding hydrogens is 867 g/mol. The van der Waals surface area contributed by atoms with Gasteiger partial charge in [-0.1, -0.05) is 90.5 Å². The Kier molecular flexibility index (Phi) is 14.3. The highest BCUT2D eigenvalue weighted by Crippen LogP contribution is 2.43. The lowest BCUT2D eigenvalue weighted by atomic mass is 9.80. The molecule has 1 fully saturated rings. The SMILES string of the molecule is COc1ccc(C(OC[C@H]2O[C@@H](n3cnc4c(NC(=O)COc5ccccc5)ncnc43)[C@H](O)[C@@H]2OCOCCS(=O)(=O)c2ccc(C)cc2)(c2ccccc2)c2ccc(OC)cc2)cc1. The number of nitrogens with one attached hydrogen (secondary N) is 1. The summed E-state index contributed by atoms with van der Waals surface area (Å²) in [6, 6.07) is 40.4. The van der Waals surface area contributed by atoms with Crippen LogP contribution >= 0.6 is 0 Å². The summed E-state index contributed by atoms with van der Waals surface area (Å²) in [5.41, 5.74) is 2.52. The summed E-state index contributed by atoms with van der Waals surface area (Å²) in [7, 11) is -0.449. The zero-order chi connectivity index (χ0) is 46.1. The Hall–Kier alpha value is -6.73. The molecule has 0 saturated carbocycles. The van der Waals surface area contributed by atoms with Crippen molar-refractivity contribution in [1.29, 1.82) is 0 Å². The molecule has 3 heterocycles. The minimum absolute atomic E-state index is 0.126. The number of hydrogen-bond donors (Lipinski definition) is 2. The van der Waals surface area contributed by atoms with Gasteiger partial charge in [0.2, 0.25) is 0 Å². The van der Waals surface area contributed by atoms with E-state index in [1.54, 1.807) is 62.8 Å². The average Bonchev–Trinajstić information content (AvgIpc) is 3.92. The van der Waals surface area contributed by atoms with Gasteiger partial charge in [-0.2, -0.15) is 0 Å². The van der Waals surface area contributed by atoms with E-state index < -0.39 is 45.9 Å². The number of imidazole rings is 1. The summed E-state index contributed by atoms with van der Waals surface area (Å²) < 4.78 is 70.1. The topological polar surface area (TPSA) is 192 Å². The number of para-hydroxylation sites is 1. The summed E-state index contributed by atoms with van der Waals surface area (Å²) >= 11 is 0. The Labute approximate surface area is 382 Å². The molecule has 2 N–H and O–H groups in total. The number of hydrogen-bond acceptors (Lipinski definition) is 14. The molecule has 8 rings (SSSR count). The third-order valence-corrected chi connectivity index (χ3v) is 12.9. The van der Waals surface area contributed by atoms with Crippen LogP contribution in [0.5, 0.6) is 17.2 Å². The van der Waals surface area contributed by atoms with Crippen LogP contribution in [0.15, 0.2) is 151 Å². The molecule has 16 nitrogen and oxygen atoms in total. The van der Waals surface area contributed by atoms with Crippen LogP contribution in [0.2, 0.25) is 0 Å². The maximum atomic E-state index is 13.1. The first-order chi connectivity index (χ1) is 32.1. The number of anilines is 1. The number of fused-ring (bicyclic) bond motifs is 1. The fourth-order valence-corrected chi connectivity index (χ4v) is 8.88. The average molecular weight is 916 g/mol. The molecule has 0 radical (unpaired) electrons. The van der Waals surface area contributed by atoms with E-state index in [9.17, 15) is 18.3 Å². The van der Waals surface area contributed by atoms with Crippen molar-refractivity contribution in [2.45, 2.75) is 42.0 Å². The van der Waals surface area contributed by atoms with E-state index in [0.717, 1.165) is 22.3 Å². The van der Waals surface area contributed by atoms with E-state index in [1.807, 2.05) is 91.9 Å². The molecule has 2 aromatic heterocycles. The predicted molar refractivity (Wildman–Crippen MR) is 243 cm³/mol. The second-order valence-electron chi connectivity index (χ2n) is 15.4. The van der Waals surface area contributed by atoms with Crippen LogP contribution in [-0.4, -0.2) is 104 Å². The van der Waals surface area contributed by atoms with E-state index in [-0.39, 0.29) is 54.2 Å². The van der Waals surface area contributed by atoms with E-state index in [4.69, 9.17) is 33.2 Å². The van der Waals surface area contributed by atoms with Gasteiger partial charge in [0.05, 0.1) is 44.4 Å². The third kappa shape index (κ3) is 10.1. The smallest absolute Gasteiger partial charge is 0.263 e. The third-order valence-electron chi connectivity index (χ3n) is 11.2. The monoisotopic (exact) mass is 915 g/mol. The molecule has 66 heavy (non-hydrogen) atoms. The number of aromatic nitrogens is 4. The van der Waals surface area contributed by atoms with Gasteiger partial charge < -0.3 is 43.6 Å². The molecule has 1 amide bonds. The first-order valence-corrected chi connectivity index (χ1v) is 22.7. The molecule has 0 spiro atoms. The van der Waals surface area contributed by atoms with Crippen molar-refractivity contribution >= 4 is 32.7 Å². The van der Waals surface area contributed by atoms with Gasteiger partial charge in [0.25, 0.3) is 5.91 Å². The Bertz CT molecular complexity index is 2750. The summed E-state index contributed by atoms with van der Waals surface area (Å²) in [5.74, 6) is 1.19. The number of carbonyl (C=O) groups excluding carboxylic acids is 1. The number of sulfone groups is 1. The summed E-state index contributed by atoms with van der Waals surface area (Å²) in [6.07, 6.45) is -1.85. The van der Waals surface area contributed by atoms with E-state index in [2.05, 4.69) is 20.3 Å². The summed E-state index contributed by atoms with van der Waals surface area (Å²) in [4.78, 5) is 26.4. The van der Waals surface area contributed by atoms with Gasteiger partial charge in [-0.05, 0) is 72.1 Å². The normalized spacial score (nSPS) is 17.4. The minimum Gasteiger partial charge on any atom is -0.497 e. The molecule has 1 aliphatic heterocycles. The molecule has 17 heteroatoms. The number of rotatable bonds is 20. The van der Waals surface area contributed by atoms with Crippen molar-refractivity contribution in [2.24, 2.45) is 0 Å². The van der Waals surface area contributed by atoms with Gasteiger partial charge in [-0.25, -0.2) is 23.4 Å². The number of nitrogens with zero attached hydrogens (tertiary/aromatic N) is 4. The number of aryl methyl sites for hydroxylation is 1. The van der Waals surface area contributed by atoms with Gasteiger partial charge in [0.1, 0.15) is 54.3 Å². The largest absolute Gasteiger partial charge is 0.497 e. The van der Waals surface area contributed by atoms with Crippen LogP contribution in [0.1, 0.15) is 28.5 Å². The zero-order valence-corrected chi connectivity index (χ0v) is 37.2. The van der Waals surface area contributed by atoms with E-state index in [0.29, 0.717) is 17.2 Å². The van der Waals surface area contributed by atoms with Crippen molar-refractivity contribution < 1.29 is 51.5 Å². The first-order valence-electron chi connectivity index (χ1n) is 21.1. The number of aliphatic hydroxyl groups excluding tert-OH is 1. The number of ether oxygens (including phenoxy) is 7. The lowest BCUT2D eigenvalue weighted by Gasteiger charge is -2.37. The molecule has 0 unspecified atom stereocenters. The molecule has 0 bridgehead atoms. The molecule has 342 valence electrons. The predicted octanol–water partition coefficient (Wildman–Crippen LogP) is 6.27. The molecule has 7 aromatic rings. The fraction of sp³-hybridized carbons (Fsp3) is 0.265. The summed E-state index contributed by atoms with van der Waals surface area (Å²) in [6.45, 7) is 0.901. The maximum absolute atomic E-state index is 13.1.